The first-order valence-electron chi connectivity index (χ1n) is 7.25. The topological polar surface area (TPSA) is 78.5 Å². The van der Waals surface area contributed by atoms with E-state index < -0.39 is 0 Å². The minimum Gasteiger partial charge on any atom is -0.496 e. The van der Waals surface area contributed by atoms with Gasteiger partial charge in [0.1, 0.15) is 11.4 Å². The Morgan fingerprint density at radius 2 is 2.18 bits per heavy atom. The van der Waals surface area contributed by atoms with Crippen molar-refractivity contribution in [2.75, 3.05) is 20.3 Å². The molecule has 0 atom stereocenters. The minimum absolute atomic E-state index is 0.105. The maximum atomic E-state index is 12.6. The number of aromatic nitrogens is 2. The summed E-state index contributed by atoms with van der Waals surface area (Å²) in [4.78, 5) is 14.1. The van der Waals surface area contributed by atoms with Gasteiger partial charge in [0.05, 0.1) is 13.7 Å². The number of para-hydroxylation sites is 1. The van der Waals surface area contributed by atoms with E-state index in [2.05, 4.69) is 10.2 Å². The van der Waals surface area contributed by atoms with Crippen LogP contribution >= 0.6 is 0 Å². The number of ether oxygens (including phenoxy) is 1. The fraction of sp³-hybridized carbons (Fsp3) is 0.375. The highest BCUT2D eigenvalue weighted by Gasteiger charge is 2.19. The Morgan fingerprint density at radius 3 is 2.82 bits per heavy atom. The molecule has 1 aromatic carbocycles. The van der Waals surface area contributed by atoms with E-state index in [1.54, 1.807) is 18.1 Å². The van der Waals surface area contributed by atoms with Gasteiger partial charge in [-0.15, -0.1) is 0 Å². The van der Waals surface area contributed by atoms with Crippen molar-refractivity contribution in [3.63, 3.8) is 0 Å². The average molecular weight is 303 g/mol. The first-order valence-corrected chi connectivity index (χ1v) is 7.25. The van der Waals surface area contributed by atoms with Crippen molar-refractivity contribution < 1.29 is 14.6 Å². The second-order valence-electron chi connectivity index (χ2n) is 4.89. The summed E-state index contributed by atoms with van der Waals surface area (Å²) in [5.41, 5.74) is 2.16. The number of aliphatic hydroxyl groups is 1. The van der Waals surface area contributed by atoms with Crippen LogP contribution in [-0.2, 0) is 13.0 Å². The van der Waals surface area contributed by atoms with Gasteiger partial charge in [-0.1, -0.05) is 25.1 Å². The standard InChI is InChI=1S/C16H21N3O3/c1-3-13-10-14(18-17-13)16(21)19(8-9-20)11-12-6-4-5-7-15(12)22-2/h4-7,10,20H,3,8-9,11H2,1-2H3,(H,17,18). The van der Waals surface area contributed by atoms with E-state index in [-0.39, 0.29) is 19.1 Å². The second kappa shape index (κ2) is 7.61. The van der Waals surface area contributed by atoms with Crippen LogP contribution in [-0.4, -0.2) is 46.4 Å². The van der Waals surface area contributed by atoms with E-state index in [0.29, 0.717) is 12.2 Å². The lowest BCUT2D eigenvalue weighted by Gasteiger charge is -2.22. The summed E-state index contributed by atoms with van der Waals surface area (Å²) in [5.74, 6) is 0.505. The fourth-order valence-corrected chi connectivity index (χ4v) is 2.23. The molecule has 0 aliphatic heterocycles. The molecule has 0 fully saturated rings. The summed E-state index contributed by atoms with van der Waals surface area (Å²) >= 11 is 0. The maximum absolute atomic E-state index is 12.6. The van der Waals surface area contributed by atoms with Crippen molar-refractivity contribution >= 4 is 5.91 Å². The number of amides is 1. The molecule has 2 N–H and O–H groups in total. The van der Waals surface area contributed by atoms with Crippen molar-refractivity contribution in [1.82, 2.24) is 15.1 Å². The number of aromatic amines is 1. The van der Waals surface area contributed by atoms with Crippen LogP contribution < -0.4 is 4.74 Å². The Kier molecular flexibility index (Phi) is 5.55. The Labute approximate surface area is 129 Å². The first kappa shape index (κ1) is 16.0. The van der Waals surface area contributed by atoms with Crippen LogP contribution in [0.3, 0.4) is 0 Å². The number of carbonyl (C=O) groups is 1. The summed E-state index contributed by atoms with van der Waals surface area (Å²) in [5, 5.41) is 16.1. The average Bonchev–Trinajstić information content (AvgIpc) is 3.03. The van der Waals surface area contributed by atoms with Crippen LogP contribution in [0.15, 0.2) is 30.3 Å². The molecule has 1 amide bonds. The number of hydrogen-bond acceptors (Lipinski definition) is 4. The van der Waals surface area contributed by atoms with Gasteiger partial charge in [0, 0.05) is 24.3 Å². The molecule has 1 heterocycles. The van der Waals surface area contributed by atoms with Crippen LogP contribution in [0, 0.1) is 0 Å². The number of nitrogens with zero attached hydrogens (tertiary/aromatic N) is 2. The van der Waals surface area contributed by atoms with E-state index in [1.807, 2.05) is 31.2 Å². The summed E-state index contributed by atoms with van der Waals surface area (Å²) in [7, 11) is 1.60. The molecule has 0 radical (unpaired) electrons. The lowest BCUT2D eigenvalue weighted by molar-refractivity contribution is 0.0700. The third-order valence-corrected chi connectivity index (χ3v) is 3.44. The fourth-order valence-electron chi connectivity index (χ4n) is 2.23. The highest BCUT2D eigenvalue weighted by atomic mass is 16.5. The molecule has 6 nitrogen and oxygen atoms in total. The number of hydrogen-bond donors (Lipinski definition) is 2. The predicted molar refractivity (Wildman–Crippen MR) is 82.8 cm³/mol. The SMILES string of the molecule is CCc1cc(C(=O)N(CCO)Cc2ccccc2OC)n[nH]1. The Hall–Kier alpha value is -2.34. The van der Waals surface area contributed by atoms with Crippen molar-refractivity contribution in [3.8, 4) is 5.75 Å². The van der Waals surface area contributed by atoms with Crippen molar-refractivity contribution in [3.05, 3.63) is 47.3 Å². The molecule has 2 rings (SSSR count). The largest absolute Gasteiger partial charge is 0.496 e. The molecule has 1 aromatic heterocycles. The minimum atomic E-state index is -0.212. The third kappa shape index (κ3) is 3.65. The van der Waals surface area contributed by atoms with E-state index >= 15 is 0 Å². The quantitative estimate of drug-likeness (QED) is 0.814. The maximum Gasteiger partial charge on any atom is 0.274 e. The Balaban J connectivity index is 2.20. The Morgan fingerprint density at radius 1 is 1.41 bits per heavy atom. The molecule has 0 unspecified atom stereocenters. The van der Waals surface area contributed by atoms with Crippen LogP contribution in [0.2, 0.25) is 0 Å². The molecule has 2 aromatic rings. The summed E-state index contributed by atoms with van der Waals surface area (Å²) in [6.45, 7) is 2.48. The summed E-state index contributed by atoms with van der Waals surface area (Å²) in [6, 6.07) is 9.26. The van der Waals surface area contributed by atoms with Gasteiger partial charge in [-0.05, 0) is 18.6 Å². The smallest absolute Gasteiger partial charge is 0.274 e. The summed E-state index contributed by atoms with van der Waals surface area (Å²) in [6.07, 6.45) is 0.785. The lowest BCUT2D eigenvalue weighted by atomic mass is 10.1. The van der Waals surface area contributed by atoms with Gasteiger partial charge in [0.25, 0.3) is 5.91 Å². The molecule has 0 saturated heterocycles. The number of aryl methyl sites for hydroxylation is 1. The number of benzene rings is 1. The number of nitrogens with one attached hydrogen (secondary N) is 1. The van der Waals surface area contributed by atoms with Crippen LogP contribution in [0.5, 0.6) is 5.75 Å². The van der Waals surface area contributed by atoms with Gasteiger partial charge >= 0.3 is 0 Å². The zero-order chi connectivity index (χ0) is 15.9. The van der Waals surface area contributed by atoms with Gasteiger partial charge in [0.2, 0.25) is 0 Å². The normalized spacial score (nSPS) is 10.5. The highest BCUT2D eigenvalue weighted by molar-refractivity contribution is 5.92. The second-order valence-corrected chi connectivity index (χ2v) is 4.89. The molecular weight excluding hydrogens is 282 g/mol. The molecule has 22 heavy (non-hydrogen) atoms. The summed E-state index contributed by atoms with van der Waals surface area (Å²) < 4.78 is 5.31. The third-order valence-electron chi connectivity index (χ3n) is 3.44. The lowest BCUT2D eigenvalue weighted by Crippen LogP contribution is -2.33. The number of carbonyl (C=O) groups excluding carboxylic acids is 1. The molecular formula is C16H21N3O3. The van der Waals surface area contributed by atoms with Crippen LogP contribution in [0.25, 0.3) is 0 Å². The zero-order valence-electron chi connectivity index (χ0n) is 12.9. The van der Waals surface area contributed by atoms with Gasteiger partial charge in [0.15, 0.2) is 0 Å². The number of methoxy groups -OCH3 is 1. The van der Waals surface area contributed by atoms with Crippen molar-refractivity contribution in [1.29, 1.82) is 0 Å². The molecule has 0 aliphatic rings. The van der Waals surface area contributed by atoms with Gasteiger partial charge in [-0.2, -0.15) is 5.10 Å². The molecule has 0 spiro atoms. The monoisotopic (exact) mass is 303 g/mol. The molecule has 0 bridgehead atoms. The van der Waals surface area contributed by atoms with Gasteiger partial charge in [-0.3, -0.25) is 9.89 Å². The Bertz CT molecular complexity index is 625. The van der Waals surface area contributed by atoms with Crippen molar-refractivity contribution in [2.45, 2.75) is 19.9 Å². The van der Waals surface area contributed by atoms with Gasteiger partial charge < -0.3 is 14.7 Å². The molecule has 0 aliphatic carbocycles. The van der Waals surface area contributed by atoms with Crippen molar-refractivity contribution in [2.24, 2.45) is 0 Å². The zero-order valence-corrected chi connectivity index (χ0v) is 12.9. The number of aliphatic hydroxyl groups excluding tert-OH is 1. The van der Waals surface area contributed by atoms with E-state index in [1.165, 1.54) is 0 Å². The molecule has 118 valence electrons. The first-order chi connectivity index (χ1) is 10.7. The van der Waals surface area contributed by atoms with Crippen LogP contribution in [0.4, 0.5) is 0 Å². The number of rotatable bonds is 7. The highest BCUT2D eigenvalue weighted by Crippen LogP contribution is 2.20. The molecule has 0 saturated carbocycles. The predicted octanol–water partition coefficient (Wildman–Crippen LogP) is 1.62. The molecule has 6 heteroatoms. The number of H-pyrrole nitrogens is 1. The van der Waals surface area contributed by atoms with Gasteiger partial charge in [-0.25, -0.2) is 0 Å². The van der Waals surface area contributed by atoms with E-state index in [0.717, 1.165) is 23.4 Å². The van der Waals surface area contributed by atoms with E-state index in [9.17, 15) is 9.90 Å². The van der Waals surface area contributed by atoms with E-state index in [4.69, 9.17) is 4.74 Å². The van der Waals surface area contributed by atoms with Crippen LogP contribution in [0.1, 0.15) is 28.7 Å².